The van der Waals surface area contributed by atoms with Crippen molar-refractivity contribution < 1.29 is 0 Å². The van der Waals surface area contributed by atoms with Crippen LogP contribution in [0.5, 0.6) is 0 Å². The van der Waals surface area contributed by atoms with Gasteiger partial charge in [-0.25, -0.2) is 0 Å². The average Bonchev–Trinajstić information content (AvgIpc) is 2.37. The van der Waals surface area contributed by atoms with Crippen molar-refractivity contribution in [2.75, 3.05) is 0 Å². The Bertz CT molecular complexity index is 604. The molecule has 112 valence electrons. The fourth-order valence-electron chi connectivity index (χ4n) is 3.37. The van der Waals surface area contributed by atoms with E-state index in [4.69, 9.17) is 0 Å². The third kappa shape index (κ3) is 3.74. The Morgan fingerprint density at radius 2 is 1.38 bits per heavy atom. The van der Waals surface area contributed by atoms with Crippen LogP contribution in [0.15, 0.2) is 36.4 Å². The Morgan fingerprint density at radius 3 is 1.95 bits per heavy atom. The molecule has 0 aromatic heterocycles. The van der Waals surface area contributed by atoms with E-state index in [9.17, 15) is 0 Å². The number of benzene rings is 2. The largest absolute Gasteiger partial charge is 0.304 e. The van der Waals surface area contributed by atoms with Crippen LogP contribution >= 0.6 is 0 Å². The second-order valence-electron chi connectivity index (χ2n) is 6.34. The molecule has 0 bridgehead atoms. The maximum Gasteiger partial charge on any atom is 0.0302 e. The highest BCUT2D eigenvalue weighted by molar-refractivity contribution is 5.39. The molecular formula is C20H27N. The summed E-state index contributed by atoms with van der Waals surface area (Å²) in [4.78, 5) is 0. The lowest BCUT2D eigenvalue weighted by molar-refractivity contribution is 0.491. The molecule has 0 aliphatic heterocycles. The van der Waals surface area contributed by atoms with E-state index in [0.29, 0.717) is 12.1 Å². The van der Waals surface area contributed by atoms with Gasteiger partial charge in [-0.1, -0.05) is 47.5 Å². The second-order valence-corrected chi connectivity index (χ2v) is 6.34. The van der Waals surface area contributed by atoms with Crippen LogP contribution in [0.1, 0.15) is 59.3 Å². The quantitative estimate of drug-likeness (QED) is 0.798. The SMILES string of the molecule is Cc1cccc([C@H](C)NC(C)c2c(C)cc(C)cc2C)c1. The van der Waals surface area contributed by atoms with Gasteiger partial charge in [0.05, 0.1) is 0 Å². The molecule has 0 radical (unpaired) electrons. The molecule has 0 amide bonds. The minimum Gasteiger partial charge on any atom is -0.304 e. The van der Waals surface area contributed by atoms with Crippen molar-refractivity contribution in [2.45, 2.75) is 53.6 Å². The van der Waals surface area contributed by atoms with Gasteiger partial charge in [-0.3, -0.25) is 0 Å². The van der Waals surface area contributed by atoms with Crippen molar-refractivity contribution >= 4 is 0 Å². The van der Waals surface area contributed by atoms with E-state index in [1.165, 1.54) is 33.4 Å². The van der Waals surface area contributed by atoms with Gasteiger partial charge in [-0.15, -0.1) is 0 Å². The molecule has 1 heteroatoms. The highest BCUT2D eigenvalue weighted by atomic mass is 14.9. The minimum atomic E-state index is 0.347. The summed E-state index contributed by atoms with van der Waals surface area (Å²) in [6, 6.07) is 14.0. The Hall–Kier alpha value is -1.60. The van der Waals surface area contributed by atoms with E-state index in [1.807, 2.05) is 0 Å². The highest BCUT2D eigenvalue weighted by Crippen LogP contribution is 2.26. The number of aryl methyl sites for hydroxylation is 4. The van der Waals surface area contributed by atoms with Crippen molar-refractivity contribution in [2.24, 2.45) is 0 Å². The molecule has 1 unspecified atom stereocenters. The fourth-order valence-corrected chi connectivity index (χ4v) is 3.37. The molecule has 0 aliphatic rings. The summed E-state index contributed by atoms with van der Waals surface area (Å²) in [7, 11) is 0. The van der Waals surface area contributed by atoms with Crippen LogP contribution in [0.2, 0.25) is 0 Å². The normalized spacial score (nSPS) is 14.0. The van der Waals surface area contributed by atoms with Crippen molar-refractivity contribution in [1.29, 1.82) is 0 Å². The van der Waals surface area contributed by atoms with Crippen molar-refractivity contribution in [3.8, 4) is 0 Å². The molecule has 2 aromatic rings. The molecule has 2 rings (SSSR count). The van der Waals surface area contributed by atoms with Gasteiger partial charge in [-0.2, -0.15) is 0 Å². The molecule has 2 atom stereocenters. The summed E-state index contributed by atoms with van der Waals surface area (Å²) in [6.45, 7) is 13.2. The smallest absolute Gasteiger partial charge is 0.0302 e. The lowest BCUT2D eigenvalue weighted by atomic mass is 9.94. The van der Waals surface area contributed by atoms with Gasteiger partial charge < -0.3 is 5.32 Å². The van der Waals surface area contributed by atoms with Gasteiger partial charge in [0.2, 0.25) is 0 Å². The molecule has 0 spiro atoms. The predicted molar refractivity (Wildman–Crippen MR) is 91.8 cm³/mol. The van der Waals surface area contributed by atoms with Gasteiger partial charge in [0.1, 0.15) is 0 Å². The molecule has 0 saturated carbocycles. The molecule has 2 aromatic carbocycles. The van der Waals surface area contributed by atoms with E-state index in [1.54, 1.807) is 0 Å². The first-order valence-corrected chi connectivity index (χ1v) is 7.79. The fraction of sp³-hybridized carbons (Fsp3) is 0.400. The molecular weight excluding hydrogens is 254 g/mol. The minimum absolute atomic E-state index is 0.347. The zero-order valence-corrected chi connectivity index (χ0v) is 14.1. The third-order valence-corrected chi connectivity index (χ3v) is 4.21. The van der Waals surface area contributed by atoms with Crippen LogP contribution in [0, 0.1) is 27.7 Å². The Morgan fingerprint density at radius 1 is 0.762 bits per heavy atom. The van der Waals surface area contributed by atoms with Gasteiger partial charge >= 0.3 is 0 Å². The van der Waals surface area contributed by atoms with Gasteiger partial charge in [0.15, 0.2) is 0 Å². The first-order valence-electron chi connectivity index (χ1n) is 7.79. The van der Waals surface area contributed by atoms with Gasteiger partial charge in [-0.05, 0) is 63.8 Å². The lowest BCUT2D eigenvalue weighted by Crippen LogP contribution is -2.24. The van der Waals surface area contributed by atoms with Crippen LogP contribution in [0.25, 0.3) is 0 Å². The molecule has 0 fully saturated rings. The summed E-state index contributed by atoms with van der Waals surface area (Å²) < 4.78 is 0. The molecule has 21 heavy (non-hydrogen) atoms. The molecule has 0 heterocycles. The predicted octanol–water partition coefficient (Wildman–Crippen LogP) is 5.33. The summed E-state index contributed by atoms with van der Waals surface area (Å²) in [6.07, 6.45) is 0. The number of nitrogens with one attached hydrogen (secondary N) is 1. The molecule has 1 nitrogen and oxygen atoms in total. The maximum atomic E-state index is 3.74. The van der Waals surface area contributed by atoms with Gasteiger partial charge in [0, 0.05) is 12.1 Å². The summed E-state index contributed by atoms with van der Waals surface area (Å²) in [5.41, 5.74) is 8.20. The number of hydrogen-bond acceptors (Lipinski definition) is 1. The van der Waals surface area contributed by atoms with Crippen molar-refractivity contribution in [3.63, 3.8) is 0 Å². The second kappa shape index (κ2) is 6.44. The average molecular weight is 281 g/mol. The molecule has 0 saturated heterocycles. The van der Waals surface area contributed by atoms with Gasteiger partial charge in [0.25, 0.3) is 0 Å². The van der Waals surface area contributed by atoms with E-state index < -0.39 is 0 Å². The number of hydrogen-bond donors (Lipinski definition) is 1. The Labute approximate surface area is 129 Å². The van der Waals surface area contributed by atoms with Crippen molar-refractivity contribution in [3.05, 3.63) is 69.8 Å². The maximum absolute atomic E-state index is 3.74. The third-order valence-electron chi connectivity index (χ3n) is 4.21. The first kappa shape index (κ1) is 15.8. The first-order chi connectivity index (χ1) is 9.88. The Kier molecular flexibility index (Phi) is 4.84. The summed E-state index contributed by atoms with van der Waals surface area (Å²) in [5.74, 6) is 0. The number of rotatable bonds is 4. The molecule has 0 aliphatic carbocycles. The Balaban J connectivity index is 2.20. The van der Waals surface area contributed by atoms with Crippen molar-refractivity contribution in [1.82, 2.24) is 5.32 Å². The van der Waals surface area contributed by atoms with Crippen LogP contribution < -0.4 is 5.32 Å². The topological polar surface area (TPSA) is 12.0 Å². The molecule has 1 N–H and O–H groups in total. The highest BCUT2D eigenvalue weighted by Gasteiger charge is 2.15. The summed E-state index contributed by atoms with van der Waals surface area (Å²) >= 11 is 0. The lowest BCUT2D eigenvalue weighted by Gasteiger charge is -2.24. The van der Waals surface area contributed by atoms with Crippen LogP contribution in [-0.4, -0.2) is 0 Å². The van der Waals surface area contributed by atoms with Crippen LogP contribution in [-0.2, 0) is 0 Å². The summed E-state index contributed by atoms with van der Waals surface area (Å²) in [5, 5.41) is 3.74. The van der Waals surface area contributed by atoms with Crippen LogP contribution in [0.3, 0.4) is 0 Å². The zero-order chi connectivity index (χ0) is 15.6. The van der Waals surface area contributed by atoms with E-state index in [0.717, 1.165) is 0 Å². The standard InChI is InChI=1S/C20H27N/c1-13-8-7-9-19(12-13)17(5)21-18(6)20-15(3)10-14(2)11-16(20)4/h7-12,17-18,21H,1-6H3/t17-,18?/m0/s1. The van der Waals surface area contributed by atoms with E-state index in [-0.39, 0.29) is 0 Å². The van der Waals surface area contributed by atoms with E-state index in [2.05, 4.69) is 83.3 Å². The monoisotopic (exact) mass is 281 g/mol. The van der Waals surface area contributed by atoms with Crippen LogP contribution in [0.4, 0.5) is 0 Å². The zero-order valence-electron chi connectivity index (χ0n) is 14.1. The van der Waals surface area contributed by atoms with E-state index >= 15 is 0 Å².